The maximum absolute atomic E-state index is 12.1. The molecule has 0 aliphatic rings. The molecule has 23 heavy (non-hydrogen) atoms. The zero-order chi connectivity index (χ0) is 16.5. The number of hydrogen-bond acceptors (Lipinski definition) is 4. The molecule has 0 saturated heterocycles. The van der Waals surface area contributed by atoms with Gasteiger partial charge in [0.25, 0.3) is 0 Å². The average Bonchev–Trinajstić information content (AvgIpc) is 2.57. The topological polar surface area (TPSA) is 47.6 Å². The van der Waals surface area contributed by atoms with Gasteiger partial charge in [0.2, 0.25) is 5.91 Å². The van der Waals surface area contributed by atoms with Gasteiger partial charge in [0, 0.05) is 17.1 Å². The highest BCUT2D eigenvalue weighted by Crippen LogP contribution is 2.25. The zero-order valence-corrected chi connectivity index (χ0v) is 14.2. The van der Waals surface area contributed by atoms with Crippen molar-refractivity contribution >= 4 is 23.4 Å². The van der Waals surface area contributed by atoms with Gasteiger partial charge in [-0.3, -0.25) is 4.79 Å². The van der Waals surface area contributed by atoms with E-state index < -0.39 is 0 Å². The molecule has 2 aromatic rings. The van der Waals surface area contributed by atoms with Crippen LogP contribution in [0.25, 0.3) is 0 Å². The van der Waals surface area contributed by atoms with Crippen LogP contribution < -0.4 is 14.8 Å². The van der Waals surface area contributed by atoms with Crippen LogP contribution >= 0.6 is 11.8 Å². The van der Waals surface area contributed by atoms with Gasteiger partial charge in [0.1, 0.15) is 11.5 Å². The Morgan fingerprint density at radius 3 is 2.57 bits per heavy atom. The largest absolute Gasteiger partial charge is 0.497 e. The minimum absolute atomic E-state index is 0.0156. The monoisotopic (exact) mass is 331 g/mol. The van der Waals surface area contributed by atoms with Crippen LogP contribution in [0.4, 0.5) is 5.69 Å². The van der Waals surface area contributed by atoms with E-state index in [1.54, 1.807) is 18.9 Å². The predicted molar refractivity (Wildman–Crippen MR) is 94.6 cm³/mol. The normalized spacial score (nSPS) is 10.2. The van der Waals surface area contributed by atoms with Gasteiger partial charge >= 0.3 is 0 Å². The van der Waals surface area contributed by atoms with E-state index in [1.165, 1.54) is 0 Å². The summed E-state index contributed by atoms with van der Waals surface area (Å²) in [6.45, 7) is 2.49. The second kappa shape index (κ2) is 9.10. The standard InChI is InChI=1S/C18H21NO3S/c1-3-22-17-7-5-4-6-16(17)19-18(20)12-13-23-15-10-8-14(21-2)9-11-15/h4-11H,3,12-13H2,1-2H3,(H,19,20). The van der Waals surface area contributed by atoms with Crippen LogP contribution in [0.2, 0.25) is 0 Å². The molecule has 1 N–H and O–H groups in total. The van der Waals surface area contributed by atoms with E-state index in [2.05, 4.69) is 5.32 Å². The molecule has 0 unspecified atom stereocenters. The molecule has 0 aliphatic heterocycles. The third kappa shape index (κ3) is 5.53. The van der Waals surface area contributed by atoms with Gasteiger partial charge < -0.3 is 14.8 Å². The summed E-state index contributed by atoms with van der Waals surface area (Å²) >= 11 is 1.65. The van der Waals surface area contributed by atoms with E-state index in [-0.39, 0.29) is 5.91 Å². The number of thioether (sulfide) groups is 1. The molecular formula is C18H21NO3S. The zero-order valence-electron chi connectivity index (χ0n) is 13.4. The molecule has 0 bridgehead atoms. The number of anilines is 1. The molecule has 122 valence electrons. The van der Waals surface area contributed by atoms with Crippen molar-refractivity contribution in [3.05, 3.63) is 48.5 Å². The lowest BCUT2D eigenvalue weighted by atomic mass is 10.3. The maximum atomic E-state index is 12.1. The van der Waals surface area contributed by atoms with E-state index in [9.17, 15) is 4.79 Å². The van der Waals surface area contributed by atoms with Crippen LogP contribution in [0.5, 0.6) is 11.5 Å². The average molecular weight is 331 g/mol. The minimum atomic E-state index is -0.0156. The Morgan fingerprint density at radius 2 is 1.87 bits per heavy atom. The van der Waals surface area contributed by atoms with Crippen molar-refractivity contribution in [2.75, 3.05) is 24.8 Å². The summed E-state index contributed by atoms with van der Waals surface area (Å²) in [5, 5.41) is 2.90. The SMILES string of the molecule is CCOc1ccccc1NC(=O)CCSc1ccc(OC)cc1. The number of nitrogens with one attached hydrogen (secondary N) is 1. The van der Waals surface area contributed by atoms with Gasteiger partial charge in [0.15, 0.2) is 0 Å². The first-order valence-electron chi connectivity index (χ1n) is 7.51. The summed E-state index contributed by atoms with van der Waals surface area (Å²) in [5.41, 5.74) is 0.716. The van der Waals surface area contributed by atoms with Gasteiger partial charge in [-0.1, -0.05) is 12.1 Å². The van der Waals surface area contributed by atoms with Crippen molar-refractivity contribution in [1.82, 2.24) is 0 Å². The summed E-state index contributed by atoms with van der Waals surface area (Å²) in [7, 11) is 1.65. The van der Waals surface area contributed by atoms with Gasteiger partial charge in [-0.15, -0.1) is 11.8 Å². The summed E-state index contributed by atoms with van der Waals surface area (Å²) < 4.78 is 10.6. The fourth-order valence-electron chi connectivity index (χ4n) is 2.00. The number of rotatable bonds is 8. The number of carbonyl (C=O) groups is 1. The number of para-hydroxylation sites is 2. The highest BCUT2D eigenvalue weighted by Gasteiger charge is 2.07. The van der Waals surface area contributed by atoms with Crippen molar-refractivity contribution in [2.24, 2.45) is 0 Å². The summed E-state index contributed by atoms with van der Waals surface area (Å²) in [5.74, 6) is 2.23. The van der Waals surface area contributed by atoms with Crippen molar-refractivity contribution in [3.8, 4) is 11.5 Å². The first-order valence-corrected chi connectivity index (χ1v) is 8.50. The third-order valence-electron chi connectivity index (χ3n) is 3.12. The first-order chi connectivity index (χ1) is 11.2. The van der Waals surface area contributed by atoms with Crippen LogP contribution in [0.1, 0.15) is 13.3 Å². The number of carbonyl (C=O) groups excluding carboxylic acids is 1. The highest BCUT2D eigenvalue weighted by molar-refractivity contribution is 7.99. The van der Waals surface area contributed by atoms with Crippen LogP contribution in [0, 0.1) is 0 Å². The first kappa shape index (κ1) is 17.2. The van der Waals surface area contributed by atoms with Crippen molar-refractivity contribution in [1.29, 1.82) is 0 Å². The van der Waals surface area contributed by atoms with Crippen molar-refractivity contribution in [2.45, 2.75) is 18.2 Å². The molecule has 0 aliphatic carbocycles. The van der Waals surface area contributed by atoms with Crippen LogP contribution in [-0.4, -0.2) is 25.4 Å². The van der Waals surface area contributed by atoms with Crippen molar-refractivity contribution in [3.63, 3.8) is 0 Å². The number of benzene rings is 2. The van der Waals surface area contributed by atoms with Crippen LogP contribution in [0.15, 0.2) is 53.4 Å². The summed E-state index contributed by atoms with van der Waals surface area (Å²) in [6.07, 6.45) is 0.442. The maximum Gasteiger partial charge on any atom is 0.225 e. The fourth-order valence-corrected chi connectivity index (χ4v) is 2.85. The lowest BCUT2D eigenvalue weighted by Gasteiger charge is -2.11. The third-order valence-corrected chi connectivity index (χ3v) is 4.13. The molecule has 0 saturated carbocycles. The highest BCUT2D eigenvalue weighted by atomic mass is 32.2. The molecule has 0 spiro atoms. The van der Waals surface area contributed by atoms with Gasteiger partial charge in [0.05, 0.1) is 19.4 Å². The quantitative estimate of drug-likeness (QED) is 0.736. The van der Waals surface area contributed by atoms with Gasteiger partial charge in [-0.05, 0) is 43.3 Å². The Bertz CT molecular complexity index is 628. The second-order valence-electron chi connectivity index (χ2n) is 4.75. The Hall–Kier alpha value is -2.14. The smallest absolute Gasteiger partial charge is 0.225 e. The Labute approximate surface area is 141 Å². The minimum Gasteiger partial charge on any atom is -0.497 e. The Morgan fingerprint density at radius 1 is 1.13 bits per heavy atom. The number of methoxy groups -OCH3 is 1. The van der Waals surface area contributed by atoms with E-state index in [4.69, 9.17) is 9.47 Å². The Kier molecular flexibility index (Phi) is 6.81. The molecule has 5 heteroatoms. The molecule has 0 aromatic heterocycles. The Balaban J connectivity index is 1.81. The van der Waals surface area contributed by atoms with E-state index >= 15 is 0 Å². The molecule has 0 radical (unpaired) electrons. The van der Waals surface area contributed by atoms with Crippen LogP contribution in [0.3, 0.4) is 0 Å². The summed E-state index contributed by atoms with van der Waals surface area (Å²) in [6, 6.07) is 15.3. The van der Waals surface area contributed by atoms with Crippen LogP contribution in [-0.2, 0) is 4.79 Å². The van der Waals surface area contributed by atoms with E-state index in [0.29, 0.717) is 24.5 Å². The molecule has 0 atom stereocenters. The molecule has 2 rings (SSSR count). The molecule has 0 heterocycles. The lowest BCUT2D eigenvalue weighted by Crippen LogP contribution is -2.13. The number of hydrogen-bond donors (Lipinski definition) is 1. The molecule has 0 fully saturated rings. The van der Waals surface area contributed by atoms with Crippen molar-refractivity contribution < 1.29 is 14.3 Å². The predicted octanol–water partition coefficient (Wildman–Crippen LogP) is 4.21. The van der Waals surface area contributed by atoms with Gasteiger partial charge in [-0.25, -0.2) is 0 Å². The van der Waals surface area contributed by atoms with E-state index in [0.717, 1.165) is 16.4 Å². The molecular weight excluding hydrogens is 310 g/mol. The number of ether oxygens (including phenoxy) is 2. The second-order valence-corrected chi connectivity index (χ2v) is 5.92. The number of amides is 1. The van der Waals surface area contributed by atoms with E-state index in [1.807, 2.05) is 55.5 Å². The molecule has 4 nitrogen and oxygen atoms in total. The summed E-state index contributed by atoms with van der Waals surface area (Å²) in [4.78, 5) is 13.2. The van der Waals surface area contributed by atoms with Gasteiger partial charge in [-0.2, -0.15) is 0 Å². The molecule has 2 aromatic carbocycles. The lowest BCUT2D eigenvalue weighted by molar-refractivity contribution is -0.115. The fraction of sp³-hybridized carbons (Fsp3) is 0.278. The molecule has 1 amide bonds.